The number of nitrogens with one attached hydrogen (secondary N) is 2. The van der Waals surface area contributed by atoms with Gasteiger partial charge in [0.15, 0.2) is 11.6 Å². The topological polar surface area (TPSA) is 82.6 Å². The van der Waals surface area contributed by atoms with Gasteiger partial charge in [0, 0.05) is 37.1 Å². The molecule has 2 N–H and O–H groups in total. The van der Waals surface area contributed by atoms with E-state index in [4.69, 9.17) is 11.6 Å². The predicted molar refractivity (Wildman–Crippen MR) is 116 cm³/mol. The van der Waals surface area contributed by atoms with Gasteiger partial charge in [-0.15, -0.1) is 5.10 Å². The van der Waals surface area contributed by atoms with E-state index >= 15 is 0 Å². The Kier molecular flexibility index (Phi) is 5.97. The fourth-order valence-corrected chi connectivity index (χ4v) is 3.31. The lowest BCUT2D eigenvalue weighted by Crippen LogP contribution is -2.44. The number of hydrogen-bond donors (Lipinski definition) is 2. The van der Waals surface area contributed by atoms with Crippen molar-refractivity contribution in [2.75, 3.05) is 31.1 Å². The number of halogens is 1. The van der Waals surface area contributed by atoms with Crippen molar-refractivity contribution in [3.63, 3.8) is 0 Å². The number of benzene rings is 2. The van der Waals surface area contributed by atoms with Gasteiger partial charge in [-0.1, -0.05) is 47.5 Å². The first-order valence-electron chi connectivity index (χ1n) is 9.52. The van der Waals surface area contributed by atoms with Gasteiger partial charge in [0.2, 0.25) is 0 Å². The van der Waals surface area contributed by atoms with Crippen LogP contribution >= 0.6 is 11.6 Å². The number of nitrogens with zero attached hydrogens (tertiary/aromatic N) is 5. The molecule has 0 bridgehead atoms. The van der Waals surface area contributed by atoms with E-state index in [-0.39, 0.29) is 0 Å². The van der Waals surface area contributed by atoms with Crippen molar-refractivity contribution in [2.24, 2.45) is 0 Å². The summed E-state index contributed by atoms with van der Waals surface area (Å²) in [6.45, 7) is 5.83. The minimum absolute atomic E-state index is 0.517. The number of anilines is 1. The van der Waals surface area contributed by atoms with E-state index in [1.165, 1.54) is 5.56 Å². The molecule has 0 unspecified atom stereocenters. The van der Waals surface area contributed by atoms with Crippen molar-refractivity contribution < 1.29 is 0 Å². The number of fused-ring (bicyclic) bond motifs is 1. The van der Waals surface area contributed by atoms with Gasteiger partial charge >= 0.3 is 0 Å². The van der Waals surface area contributed by atoms with Gasteiger partial charge in [0.1, 0.15) is 5.15 Å². The number of H-pyrrole nitrogens is 1. The van der Waals surface area contributed by atoms with Crippen LogP contribution in [0.4, 0.5) is 5.82 Å². The number of aromatic amines is 1. The largest absolute Gasteiger partial charge is 0.353 e. The van der Waals surface area contributed by atoms with E-state index < -0.39 is 0 Å². The van der Waals surface area contributed by atoms with Crippen LogP contribution in [0, 0.1) is 6.92 Å². The minimum Gasteiger partial charge on any atom is -0.353 e. The Labute approximate surface area is 174 Å². The normalized spacial score (nSPS) is 13.8. The average Bonchev–Trinajstić information content (AvgIpc) is 3.16. The summed E-state index contributed by atoms with van der Waals surface area (Å²) in [6.07, 6.45) is 1.71. The highest BCUT2D eigenvalue weighted by molar-refractivity contribution is 6.34. The monoisotopic (exact) mass is 407 g/mol. The Morgan fingerprint density at radius 1 is 1.03 bits per heavy atom. The summed E-state index contributed by atoms with van der Waals surface area (Å²) in [5.74, 6) is 1.44. The Hall–Kier alpha value is -3.03. The van der Waals surface area contributed by atoms with Crippen molar-refractivity contribution in [2.45, 2.75) is 6.92 Å². The van der Waals surface area contributed by atoms with Crippen LogP contribution in [0.1, 0.15) is 5.56 Å². The molecule has 1 saturated heterocycles. The number of rotatable bonds is 2. The first-order valence-corrected chi connectivity index (χ1v) is 9.89. The molecule has 0 atom stereocenters. The third kappa shape index (κ3) is 4.70. The van der Waals surface area contributed by atoms with Crippen molar-refractivity contribution in [1.82, 2.24) is 30.7 Å². The summed E-state index contributed by atoms with van der Waals surface area (Å²) in [7, 11) is 0. The highest BCUT2D eigenvalue weighted by Gasteiger charge is 2.14. The second kappa shape index (κ2) is 8.98. The van der Waals surface area contributed by atoms with Crippen molar-refractivity contribution in [3.05, 3.63) is 65.4 Å². The smallest absolute Gasteiger partial charge is 0.183 e. The van der Waals surface area contributed by atoms with Crippen molar-refractivity contribution >= 4 is 28.3 Å². The summed E-state index contributed by atoms with van der Waals surface area (Å²) < 4.78 is 0. The third-order valence-electron chi connectivity index (χ3n) is 4.69. The second-order valence-electron chi connectivity index (χ2n) is 6.80. The Morgan fingerprint density at radius 3 is 2.55 bits per heavy atom. The lowest BCUT2D eigenvalue weighted by molar-refractivity contribution is 0.583. The average molecular weight is 408 g/mol. The zero-order valence-electron chi connectivity index (χ0n) is 16.1. The third-order valence-corrected chi connectivity index (χ3v) is 4.98. The molecule has 7 nitrogen and oxygen atoms in total. The molecule has 5 rings (SSSR count). The zero-order valence-corrected chi connectivity index (χ0v) is 16.9. The maximum Gasteiger partial charge on any atom is 0.183 e. The number of hydrogen-bond acceptors (Lipinski definition) is 6. The molecule has 8 heteroatoms. The van der Waals surface area contributed by atoms with Crippen molar-refractivity contribution in [3.8, 4) is 11.4 Å². The molecule has 4 aromatic rings. The molecular formula is C21H22ClN7. The number of aromatic nitrogens is 5. The molecule has 1 fully saturated rings. The summed E-state index contributed by atoms with van der Waals surface area (Å²) >= 11 is 6.10. The first-order chi connectivity index (χ1) is 14.2. The summed E-state index contributed by atoms with van der Waals surface area (Å²) in [5, 5.41) is 19.8. The molecule has 0 aliphatic carbocycles. The van der Waals surface area contributed by atoms with Gasteiger partial charge in [-0.2, -0.15) is 10.2 Å². The highest BCUT2D eigenvalue weighted by Crippen LogP contribution is 2.26. The molecule has 0 radical (unpaired) electrons. The van der Waals surface area contributed by atoms with Crippen LogP contribution in [0.3, 0.4) is 0 Å². The van der Waals surface area contributed by atoms with E-state index in [9.17, 15) is 0 Å². The molecule has 0 amide bonds. The predicted octanol–water partition coefficient (Wildman–Crippen LogP) is 3.47. The second-order valence-corrected chi connectivity index (χ2v) is 7.18. The molecular weight excluding hydrogens is 386 g/mol. The van der Waals surface area contributed by atoms with Gasteiger partial charge in [-0.25, -0.2) is 4.98 Å². The molecule has 1 aliphatic heterocycles. The molecule has 0 saturated carbocycles. The van der Waals surface area contributed by atoms with E-state index in [1.807, 2.05) is 36.4 Å². The van der Waals surface area contributed by atoms with Gasteiger partial charge in [0.05, 0.1) is 11.7 Å². The van der Waals surface area contributed by atoms with Crippen LogP contribution in [0.25, 0.3) is 22.3 Å². The fourth-order valence-electron chi connectivity index (χ4n) is 3.12. The van der Waals surface area contributed by atoms with Gasteiger partial charge < -0.3 is 10.2 Å². The number of aryl methyl sites for hydroxylation is 1. The number of piperazine rings is 1. The molecule has 2 aromatic heterocycles. The van der Waals surface area contributed by atoms with Crippen LogP contribution in [0.2, 0.25) is 5.15 Å². The Balaban J connectivity index is 0.000000249. The quantitative estimate of drug-likeness (QED) is 0.529. The standard InChI is InChI=1S/C14H14ClN7.C7H8/c15-13-10-7-9(1-2-11(10)19-20-13)14-18-12(8-17-21-14)22-5-3-16-4-6-22;1-7-5-3-2-4-6-7/h1-2,7-8,16H,3-6H2,(H,19,20);2-6H,1H3. The summed E-state index contributed by atoms with van der Waals surface area (Å²) in [6, 6.07) is 16.0. The Bertz CT molecular complexity index is 1070. The Morgan fingerprint density at radius 2 is 1.83 bits per heavy atom. The maximum absolute atomic E-state index is 6.10. The molecule has 0 spiro atoms. The lowest BCUT2D eigenvalue weighted by Gasteiger charge is -2.28. The first kappa shape index (κ1) is 19.3. The van der Waals surface area contributed by atoms with E-state index in [2.05, 4.69) is 54.7 Å². The molecule has 29 heavy (non-hydrogen) atoms. The van der Waals surface area contributed by atoms with E-state index in [0.29, 0.717) is 11.0 Å². The van der Waals surface area contributed by atoms with Gasteiger partial charge in [-0.05, 0) is 25.1 Å². The van der Waals surface area contributed by atoms with Crippen molar-refractivity contribution in [1.29, 1.82) is 0 Å². The van der Waals surface area contributed by atoms with E-state index in [1.54, 1.807) is 6.20 Å². The van der Waals surface area contributed by atoms with Crippen LogP contribution in [0.5, 0.6) is 0 Å². The summed E-state index contributed by atoms with van der Waals surface area (Å²) in [5.41, 5.74) is 3.02. The van der Waals surface area contributed by atoms with E-state index in [0.717, 1.165) is 48.5 Å². The van der Waals surface area contributed by atoms with Crippen LogP contribution in [-0.2, 0) is 0 Å². The zero-order chi connectivity index (χ0) is 20.1. The van der Waals surface area contributed by atoms with Gasteiger partial charge in [0.25, 0.3) is 0 Å². The van der Waals surface area contributed by atoms with Crippen LogP contribution in [-0.4, -0.2) is 51.6 Å². The summed E-state index contributed by atoms with van der Waals surface area (Å²) in [4.78, 5) is 6.84. The maximum atomic E-state index is 6.10. The van der Waals surface area contributed by atoms with Crippen LogP contribution < -0.4 is 10.2 Å². The highest BCUT2D eigenvalue weighted by atomic mass is 35.5. The lowest BCUT2D eigenvalue weighted by atomic mass is 10.1. The minimum atomic E-state index is 0.517. The fraction of sp³-hybridized carbons (Fsp3) is 0.238. The molecule has 148 valence electrons. The molecule has 3 heterocycles. The molecule has 1 aliphatic rings. The van der Waals surface area contributed by atoms with Crippen LogP contribution in [0.15, 0.2) is 54.7 Å². The SMILES string of the molecule is Cc1ccccc1.Clc1[nH]nc2ccc(-c3nncc(N4CCNCC4)n3)cc12. The molecule has 2 aromatic carbocycles. The van der Waals surface area contributed by atoms with Gasteiger partial charge in [-0.3, -0.25) is 5.10 Å².